The lowest BCUT2D eigenvalue weighted by Gasteiger charge is -2.28. The van der Waals surface area contributed by atoms with Crippen LogP contribution in [-0.4, -0.2) is 9.97 Å². The lowest BCUT2D eigenvalue weighted by atomic mass is 9.77. The van der Waals surface area contributed by atoms with Gasteiger partial charge in [0.05, 0.1) is 11.6 Å². The Morgan fingerprint density at radius 3 is 2.03 bits per heavy atom. The van der Waals surface area contributed by atoms with E-state index < -0.39 is 0 Å². The van der Waals surface area contributed by atoms with Gasteiger partial charge in [-0.25, -0.2) is 9.97 Å². The van der Waals surface area contributed by atoms with Gasteiger partial charge in [0.1, 0.15) is 0 Å². The van der Waals surface area contributed by atoms with Gasteiger partial charge in [-0.3, -0.25) is 0 Å². The topological polar surface area (TPSA) is 49.6 Å². The Morgan fingerprint density at radius 2 is 1.43 bits per heavy atom. The molecule has 0 bridgehead atoms. The van der Waals surface area contributed by atoms with Crippen LogP contribution in [0.2, 0.25) is 0 Å². The van der Waals surface area contributed by atoms with Crippen LogP contribution < -0.4 is 0 Å². The molecule has 2 aromatic rings. The van der Waals surface area contributed by atoms with Crippen LogP contribution in [0.4, 0.5) is 0 Å². The molecule has 1 heterocycles. The molecule has 30 heavy (non-hydrogen) atoms. The zero-order valence-electron chi connectivity index (χ0n) is 18.7. The van der Waals surface area contributed by atoms with Gasteiger partial charge in [0.25, 0.3) is 0 Å². The van der Waals surface area contributed by atoms with Crippen LogP contribution in [0.1, 0.15) is 107 Å². The second kappa shape index (κ2) is 12.5. The minimum atomic E-state index is 0.620. The molecule has 1 saturated carbocycles. The minimum Gasteiger partial charge on any atom is -0.236 e. The van der Waals surface area contributed by atoms with Crippen molar-refractivity contribution in [3.05, 3.63) is 47.8 Å². The Balaban J connectivity index is 1.36. The predicted octanol–water partition coefficient (Wildman–Crippen LogP) is 7.82. The SMILES string of the molecule is CCCCCCCCCCC1CCC(c2cnc(-c3ccc(C#N)cc3)nc2)CC1. The van der Waals surface area contributed by atoms with Gasteiger partial charge >= 0.3 is 0 Å². The summed E-state index contributed by atoms with van der Waals surface area (Å²) in [6.45, 7) is 2.29. The van der Waals surface area contributed by atoms with Crippen molar-refractivity contribution >= 4 is 0 Å². The van der Waals surface area contributed by atoms with Gasteiger partial charge in [0.15, 0.2) is 5.82 Å². The summed E-state index contributed by atoms with van der Waals surface area (Å²) in [7, 11) is 0. The second-order valence-corrected chi connectivity index (χ2v) is 9.01. The maximum atomic E-state index is 8.92. The number of hydrogen-bond donors (Lipinski definition) is 0. The van der Waals surface area contributed by atoms with Gasteiger partial charge in [-0.2, -0.15) is 5.26 Å². The van der Waals surface area contributed by atoms with Crippen LogP contribution >= 0.6 is 0 Å². The Labute approximate surface area is 183 Å². The minimum absolute atomic E-state index is 0.620. The molecule has 0 unspecified atom stereocenters. The van der Waals surface area contributed by atoms with E-state index in [1.165, 1.54) is 89.0 Å². The fourth-order valence-electron chi connectivity index (χ4n) is 4.74. The largest absolute Gasteiger partial charge is 0.236 e. The van der Waals surface area contributed by atoms with E-state index >= 15 is 0 Å². The molecule has 0 atom stereocenters. The molecule has 1 fully saturated rings. The zero-order valence-corrected chi connectivity index (χ0v) is 18.7. The average Bonchev–Trinajstić information content (AvgIpc) is 2.81. The third-order valence-electron chi connectivity index (χ3n) is 6.73. The monoisotopic (exact) mass is 403 g/mol. The summed E-state index contributed by atoms with van der Waals surface area (Å²) in [6.07, 6.45) is 22.1. The highest BCUT2D eigenvalue weighted by atomic mass is 14.9. The Bertz CT molecular complexity index is 765. The van der Waals surface area contributed by atoms with Gasteiger partial charge in [-0.1, -0.05) is 64.7 Å². The summed E-state index contributed by atoms with van der Waals surface area (Å²) in [5.74, 6) is 2.29. The first-order valence-corrected chi connectivity index (χ1v) is 12.1. The molecule has 0 aliphatic heterocycles. The van der Waals surface area contributed by atoms with Crippen LogP contribution in [0.25, 0.3) is 11.4 Å². The van der Waals surface area contributed by atoms with E-state index in [-0.39, 0.29) is 0 Å². The fourth-order valence-corrected chi connectivity index (χ4v) is 4.74. The molecule has 3 rings (SSSR count). The first-order valence-electron chi connectivity index (χ1n) is 12.1. The summed E-state index contributed by atoms with van der Waals surface area (Å²) in [5, 5.41) is 8.92. The van der Waals surface area contributed by atoms with Gasteiger partial charge in [-0.15, -0.1) is 0 Å². The third kappa shape index (κ3) is 6.94. The summed E-state index contributed by atoms with van der Waals surface area (Å²) < 4.78 is 0. The van der Waals surface area contributed by atoms with Crippen molar-refractivity contribution < 1.29 is 0 Å². The maximum absolute atomic E-state index is 8.92. The number of hydrogen-bond acceptors (Lipinski definition) is 3. The highest BCUT2D eigenvalue weighted by Gasteiger charge is 2.22. The van der Waals surface area contributed by atoms with E-state index in [1.54, 1.807) is 0 Å². The number of benzene rings is 1. The van der Waals surface area contributed by atoms with Gasteiger partial charge in [-0.05, 0) is 67.3 Å². The Kier molecular flexibility index (Phi) is 9.35. The fraction of sp³-hybridized carbons (Fsp3) is 0.593. The molecular formula is C27H37N3. The molecule has 0 saturated heterocycles. The van der Waals surface area contributed by atoms with Crippen LogP contribution in [0, 0.1) is 17.2 Å². The quantitative estimate of drug-likeness (QED) is 0.359. The van der Waals surface area contributed by atoms with E-state index in [9.17, 15) is 0 Å². The average molecular weight is 404 g/mol. The molecule has 1 aliphatic carbocycles. The van der Waals surface area contributed by atoms with Crippen LogP contribution in [0.15, 0.2) is 36.7 Å². The van der Waals surface area contributed by atoms with Crippen molar-refractivity contribution in [2.45, 2.75) is 96.3 Å². The Hall–Kier alpha value is -2.21. The Morgan fingerprint density at radius 1 is 0.833 bits per heavy atom. The lowest BCUT2D eigenvalue weighted by Crippen LogP contribution is -2.14. The normalized spacial score (nSPS) is 18.8. The molecule has 3 heteroatoms. The van der Waals surface area contributed by atoms with Crippen LogP contribution in [0.3, 0.4) is 0 Å². The van der Waals surface area contributed by atoms with Crippen molar-refractivity contribution in [2.75, 3.05) is 0 Å². The summed E-state index contributed by atoms with van der Waals surface area (Å²) in [6, 6.07) is 9.63. The second-order valence-electron chi connectivity index (χ2n) is 9.01. The molecule has 0 N–H and O–H groups in total. The van der Waals surface area contributed by atoms with Crippen molar-refractivity contribution in [2.24, 2.45) is 5.92 Å². The standard InChI is InChI=1S/C27H37N3/c1-2-3-4-5-6-7-8-9-10-22-11-15-24(16-12-22)26-20-29-27(30-21-26)25-17-13-23(19-28)14-18-25/h13-14,17-18,20-22,24H,2-12,15-16H2,1H3. The van der Waals surface area contributed by atoms with Gasteiger partial charge < -0.3 is 0 Å². The van der Waals surface area contributed by atoms with Crippen molar-refractivity contribution in [1.29, 1.82) is 5.26 Å². The van der Waals surface area contributed by atoms with Crippen LogP contribution in [-0.2, 0) is 0 Å². The molecule has 3 nitrogen and oxygen atoms in total. The number of nitriles is 1. The molecule has 1 aliphatic rings. The molecule has 0 radical (unpaired) electrons. The van der Waals surface area contributed by atoms with E-state index in [0.29, 0.717) is 11.5 Å². The molecule has 1 aromatic carbocycles. The first-order chi connectivity index (χ1) is 14.8. The predicted molar refractivity (Wildman–Crippen MR) is 124 cm³/mol. The van der Waals surface area contributed by atoms with Crippen molar-refractivity contribution in [3.8, 4) is 17.5 Å². The number of unbranched alkanes of at least 4 members (excludes halogenated alkanes) is 7. The molecule has 0 amide bonds. The van der Waals surface area contributed by atoms with Crippen LogP contribution in [0.5, 0.6) is 0 Å². The third-order valence-corrected chi connectivity index (χ3v) is 6.73. The van der Waals surface area contributed by atoms with Gasteiger partial charge in [0.2, 0.25) is 0 Å². The van der Waals surface area contributed by atoms with E-state index in [0.717, 1.165) is 17.3 Å². The number of rotatable bonds is 11. The van der Waals surface area contributed by atoms with Gasteiger partial charge in [0, 0.05) is 18.0 Å². The molecular weight excluding hydrogens is 366 g/mol. The van der Waals surface area contributed by atoms with Crippen molar-refractivity contribution in [3.63, 3.8) is 0 Å². The van der Waals surface area contributed by atoms with E-state index in [1.807, 2.05) is 36.7 Å². The molecule has 0 spiro atoms. The highest BCUT2D eigenvalue weighted by molar-refractivity contribution is 5.56. The highest BCUT2D eigenvalue weighted by Crippen LogP contribution is 2.37. The van der Waals surface area contributed by atoms with E-state index in [2.05, 4.69) is 23.0 Å². The van der Waals surface area contributed by atoms with E-state index in [4.69, 9.17) is 5.26 Å². The zero-order chi connectivity index (χ0) is 21.0. The van der Waals surface area contributed by atoms with Crippen molar-refractivity contribution in [1.82, 2.24) is 9.97 Å². The molecule has 1 aromatic heterocycles. The number of nitrogens with zero attached hydrogens (tertiary/aromatic N) is 3. The lowest BCUT2D eigenvalue weighted by molar-refractivity contribution is 0.301. The smallest absolute Gasteiger partial charge is 0.159 e. The first kappa shape index (κ1) is 22.5. The molecule has 160 valence electrons. The summed E-state index contributed by atoms with van der Waals surface area (Å²) in [4.78, 5) is 9.20. The maximum Gasteiger partial charge on any atom is 0.159 e. The summed E-state index contributed by atoms with van der Waals surface area (Å²) >= 11 is 0. The summed E-state index contributed by atoms with van der Waals surface area (Å²) in [5.41, 5.74) is 2.92. The number of aromatic nitrogens is 2.